The van der Waals surface area contributed by atoms with Crippen LogP contribution in [0.15, 0.2) is 30.3 Å². The van der Waals surface area contributed by atoms with Crippen LogP contribution in [0.5, 0.6) is 0 Å². The Morgan fingerprint density at radius 3 is 2.58 bits per heavy atom. The number of hydrogen-bond acceptors (Lipinski definition) is 3. The number of amides is 2. The largest absolute Gasteiger partial charge is 0.294 e. The summed E-state index contributed by atoms with van der Waals surface area (Å²) < 4.78 is 0. The van der Waals surface area contributed by atoms with Gasteiger partial charge < -0.3 is 0 Å². The first-order chi connectivity index (χ1) is 9.18. The lowest BCUT2D eigenvalue weighted by molar-refractivity contribution is -0.140. The fourth-order valence-corrected chi connectivity index (χ4v) is 3.17. The summed E-state index contributed by atoms with van der Waals surface area (Å²) in [4.78, 5) is 28.3. The fourth-order valence-electron chi connectivity index (χ4n) is 3.17. The molecule has 100 valence electrons. The third-order valence-corrected chi connectivity index (χ3v) is 4.17. The van der Waals surface area contributed by atoms with Crippen molar-refractivity contribution in [1.82, 2.24) is 9.80 Å². The molecule has 4 nitrogen and oxygen atoms in total. The van der Waals surface area contributed by atoms with E-state index in [2.05, 4.69) is 0 Å². The van der Waals surface area contributed by atoms with Crippen molar-refractivity contribution in [2.24, 2.45) is 5.92 Å². The number of piperidine rings is 1. The Balaban J connectivity index is 1.83. The summed E-state index contributed by atoms with van der Waals surface area (Å²) in [5, 5.41) is 0. The maximum Gasteiger partial charge on any atom is 0.247 e. The molecule has 0 spiro atoms. The average molecular weight is 258 g/mol. The van der Waals surface area contributed by atoms with Crippen LogP contribution >= 0.6 is 0 Å². The molecule has 4 heteroatoms. The standard InChI is InChI=1S/C15H18N2O2/c1-16-9-5-8-12-13(16)15(19)17(14(12)18)10-11-6-3-2-4-7-11/h2-4,6-7,12-13H,5,8-10H2,1H3. The Labute approximate surface area is 113 Å². The summed E-state index contributed by atoms with van der Waals surface area (Å²) in [6.07, 6.45) is 1.83. The van der Waals surface area contributed by atoms with E-state index in [-0.39, 0.29) is 23.8 Å². The highest BCUT2D eigenvalue weighted by Crippen LogP contribution is 2.32. The van der Waals surface area contributed by atoms with Crippen molar-refractivity contribution >= 4 is 11.8 Å². The third-order valence-electron chi connectivity index (χ3n) is 4.17. The van der Waals surface area contributed by atoms with Crippen molar-refractivity contribution in [3.8, 4) is 0 Å². The van der Waals surface area contributed by atoms with E-state index < -0.39 is 0 Å². The molecule has 1 aromatic rings. The summed E-state index contributed by atoms with van der Waals surface area (Å²) in [7, 11) is 1.94. The fraction of sp³-hybridized carbons (Fsp3) is 0.467. The van der Waals surface area contributed by atoms with Gasteiger partial charge in [-0.2, -0.15) is 0 Å². The highest BCUT2D eigenvalue weighted by atomic mass is 16.2. The smallest absolute Gasteiger partial charge is 0.247 e. The number of carbonyl (C=O) groups is 2. The van der Waals surface area contributed by atoms with Crippen LogP contribution in [0.3, 0.4) is 0 Å². The van der Waals surface area contributed by atoms with Crippen LogP contribution in [0.2, 0.25) is 0 Å². The van der Waals surface area contributed by atoms with Crippen molar-refractivity contribution in [1.29, 1.82) is 0 Å². The van der Waals surface area contributed by atoms with E-state index in [9.17, 15) is 9.59 Å². The van der Waals surface area contributed by atoms with Crippen LogP contribution in [0, 0.1) is 5.92 Å². The Morgan fingerprint density at radius 2 is 1.89 bits per heavy atom. The van der Waals surface area contributed by atoms with Gasteiger partial charge in [0, 0.05) is 0 Å². The van der Waals surface area contributed by atoms with E-state index in [1.54, 1.807) is 0 Å². The van der Waals surface area contributed by atoms with E-state index in [4.69, 9.17) is 0 Å². The lowest BCUT2D eigenvalue weighted by Crippen LogP contribution is -2.45. The molecule has 2 saturated heterocycles. The van der Waals surface area contributed by atoms with Gasteiger partial charge in [-0.3, -0.25) is 19.4 Å². The minimum atomic E-state index is -0.232. The molecule has 2 heterocycles. The molecule has 1 aromatic carbocycles. The molecule has 2 aliphatic rings. The van der Waals surface area contributed by atoms with Crippen LogP contribution in [0.4, 0.5) is 0 Å². The zero-order valence-electron chi connectivity index (χ0n) is 11.1. The van der Waals surface area contributed by atoms with Crippen LogP contribution < -0.4 is 0 Å². The minimum Gasteiger partial charge on any atom is -0.294 e. The molecule has 19 heavy (non-hydrogen) atoms. The van der Waals surface area contributed by atoms with Gasteiger partial charge in [-0.15, -0.1) is 0 Å². The van der Waals surface area contributed by atoms with Crippen molar-refractivity contribution in [2.45, 2.75) is 25.4 Å². The number of likely N-dealkylation sites (tertiary alicyclic amines) is 2. The second kappa shape index (κ2) is 4.78. The first-order valence-corrected chi connectivity index (χ1v) is 6.78. The number of benzene rings is 1. The molecule has 2 aliphatic heterocycles. The second-order valence-corrected chi connectivity index (χ2v) is 5.42. The first-order valence-electron chi connectivity index (χ1n) is 6.78. The number of likely N-dealkylation sites (N-methyl/N-ethyl adjacent to an activating group) is 1. The van der Waals surface area contributed by atoms with E-state index >= 15 is 0 Å². The number of fused-ring (bicyclic) bond motifs is 1. The Morgan fingerprint density at radius 1 is 1.16 bits per heavy atom. The van der Waals surface area contributed by atoms with Gasteiger partial charge in [0.2, 0.25) is 11.8 Å². The molecular formula is C15H18N2O2. The van der Waals surface area contributed by atoms with Gasteiger partial charge >= 0.3 is 0 Å². The van der Waals surface area contributed by atoms with Crippen molar-refractivity contribution in [3.05, 3.63) is 35.9 Å². The minimum absolute atomic E-state index is 0.00500. The van der Waals surface area contributed by atoms with Gasteiger partial charge in [0.15, 0.2) is 0 Å². The van der Waals surface area contributed by atoms with Gasteiger partial charge in [-0.05, 0) is 32.0 Å². The number of carbonyl (C=O) groups excluding carboxylic acids is 2. The van der Waals surface area contributed by atoms with Crippen molar-refractivity contribution < 1.29 is 9.59 Å². The number of nitrogens with zero attached hydrogens (tertiary/aromatic N) is 2. The predicted molar refractivity (Wildman–Crippen MR) is 71.1 cm³/mol. The molecule has 2 unspecified atom stereocenters. The van der Waals surface area contributed by atoms with E-state index in [1.807, 2.05) is 42.3 Å². The van der Waals surface area contributed by atoms with Crippen LogP contribution in [0.25, 0.3) is 0 Å². The molecule has 2 amide bonds. The molecule has 0 saturated carbocycles. The van der Waals surface area contributed by atoms with E-state index in [0.29, 0.717) is 6.54 Å². The van der Waals surface area contributed by atoms with Gasteiger partial charge in [0.25, 0.3) is 0 Å². The van der Waals surface area contributed by atoms with Gasteiger partial charge in [0.1, 0.15) is 6.04 Å². The molecule has 3 rings (SSSR count). The highest BCUT2D eigenvalue weighted by Gasteiger charge is 2.50. The molecule has 0 aliphatic carbocycles. The lowest BCUT2D eigenvalue weighted by Gasteiger charge is -2.30. The number of imide groups is 1. The van der Waals surface area contributed by atoms with Crippen molar-refractivity contribution in [2.75, 3.05) is 13.6 Å². The molecule has 2 atom stereocenters. The monoisotopic (exact) mass is 258 g/mol. The molecule has 0 N–H and O–H groups in total. The van der Waals surface area contributed by atoms with Crippen LogP contribution in [0.1, 0.15) is 18.4 Å². The van der Waals surface area contributed by atoms with Gasteiger partial charge in [0.05, 0.1) is 12.5 Å². The molecular weight excluding hydrogens is 240 g/mol. The number of hydrogen-bond donors (Lipinski definition) is 0. The Hall–Kier alpha value is -1.68. The highest BCUT2D eigenvalue weighted by molar-refractivity contribution is 6.07. The van der Waals surface area contributed by atoms with Gasteiger partial charge in [-0.1, -0.05) is 30.3 Å². The molecule has 0 radical (unpaired) electrons. The summed E-state index contributed by atoms with van der Waals surface area (Å²) in [6, 6.07) is 9.47. The normalized spacial score (nSPS) is 27.7. The summed E-state index contributed by atoms with van der Waals surface area (Å²) in [5.41, 5.74) is 1.01. The Kier molecular flexibility index (Phi) is 3.11. The number of rotatable bonds is 2. The summed E-state index contributed by atoms with van der Waals surface area (Å²) in [5.74, 6) is -0.151. The summed E-state index contributed by atoms with van der Waals surface area (Å²) in [6.45, 7) is 1.30. The third kappa shape index (κ3) is 2.06. The zero-order chi connectivity index (χ0) is 13.4. The maximum atomic E-state index is 12.4. The SMILES string of the molecule is CN1CCCC2C(=O)N(Cc3ccccc3)C(=O)C21. The molecule has 0 bridgehead atoms. The van der Waals surface area contributed by atoms with Gasteiger partial charge in [-0.25, -0.2) is 0 Å². The second-order valence-electron chi connectivity index (χ2n) is 5.42. The average Bonchev–Trinajstić information content (AvgIpc) is 2.66. The van der Waals surface area contributed by atoms with Crippen molar-refractivity contribution in [3.63, 3.8) is 0 Å². The maximum absolute atomic E-state index is 12.4. The zero-order valence-corrected chi connectivity index (χ0v) is 11.1. The van der Waals surface area contributed by atoms with Crippen LogP contribution in [-0.4, -0.2) is 41.2 Å². The van der Waals surface area contributed by atoms with E-state index in [1.165, 1.54) is 4.90 Å². The van der Waals surface area contributed by atoms with E-state index in [0.717, 1.165) is 24.9 Å². The predicted octanol–water partition coefficient (Wildman–Crippen LogP) is 1.27. The molecule has 0 aromatic heterocycles. The quantitative estimate of drug-likeness (QED) is 0.750. The summed E-state index contributed by atoms with van der Waals surface area (Å²) >= 11 is 0. The lowest BCUT2D eigenvalue weighted by atomic mass is 9.92. The van der Waals surface area contributed by atoms with Crippen LogP contribution in [-0.2, 0) is 16.1 Å². The first kappa shape index (κ1) is 12.4. The topological polar surface area (TPSA) is 40.6 Å². The Bertz CT molecular complexity index is 500. The molecule has 2 fully saturated rings.